The molecule has 3 aromatic heterocycles. The van der Waals surface area contributed by atoms with E-state index < -0.39 is 10.0 Å². The molecule has 0 aliphatic carbocycles. The molecule has 4 heterocycles. The van der Waals surface area contributed by atoms with Crippen molar-refractivity contribution >= 4 is 26.7 Å². The van der Waals surface area contributed by atoms with Crippen molar-refractivity contribution < 1.29 is 22.7 Å². The zero-order chi connectivity index (χ0) is 35.0. The molecule has 1 aliphatic heterocycles. The van der Waals surface area contributed by atoms with Gasteiger partial charge < -0.3 is 14.7 Å². The molecule has 0 bridgehead atoms. The van der Waals surface area contributed by atoms with Gasteiger partial charge in [0.05, 0.1) is 30.9 Å². The number of aliphatic hydroxyl groups is 1. The molecular formula is C38H39FN6O4S. The van der Waals surface area contributed by atoms with Crippen molar-refractivity contribution in [2.75, 3.05) is 44.7 Å². The number of fused-ring (bicyclic) bond motifs is 1. The van der Waals surface area contributed by atoms with E-state index in [1.54, 1.807) is 60.7 Å². The summed E-state index contributed by atoms with van der Waals surface area (Å²) >= 11 is 0. The Hall–Kier alpha value is -5.04. The van der Waals surface area contributed by atoms with E-state index in [1.165, 1.54) is 16.1 Å². The van der Waals surface area contributed by atoms with Gasteiger partial charge in [-0.05, 0) is 61.9 Å². The van der Waals surface area contributed by atoms with Crippen LogP contribution in [0, 0.1) is 12.7 Å². The standard InChI is InChI=1S/C38H39FN6O4S/c1-26-7-10-33(11-8-26)50(47,48)45-25-36(30-21-41-44(24-30)23-28-5-4-6-31(39)17-28)35-18-29(20-40-38(35)45)34-12-9-32(19-37(34)49-3)43-15-13-42(14-16-43)22-27(2)46/h4-12,17-21,24-25,27,46H,13-16,22-23H2,1-3H3. The van der Waals surface area contributed by atoms with Gasteiger partial charge in [0.2, 0.25) is 0 Å². The van der Waals surface area contributed by atoms with Gasteiger partial charge in [-0.1, -0.05) is 29.8 Å². The Morgan fingerprint density at radius 1 is 0.920 bits per heavy atom. The first-order chi connectivity index (χ1) is 24.1. The Kier molecular flexibility index (Phi) is 9.17. The van der Waals surface area contributed by atoms with Gasteiger partial charge in [0.15, 0.2) is 5.65 Å². The molecule has 10 nitrogen and oxygen atoms in total. The quantitative estimate of drug-likeness (QED) is 0.192. The van der Waals surface area contributed by atoms with E-state index in [-0.39, 0.29) is 22.5 Å². The van der Waals surface area contributed by atoms with Gasteiger partial charge in [-0.2, -0.15) is 5.10 Å². The van der Waals surface area contributed by atoms with E-state index in [0.717, 1.165) is 54.1 Å². The summed E-state index contributed by atoms with van der Waals surface area (Å²) in [5, 5.41) is 14.9. The molecule has 6 aromatic rings. The zero-order valence-corrected chi connectivity index (χ0v) is 29.0. The lowest BCUT2D eigenvalue weighted by Crippen LogP contribution is -2.48. The van der Waals surface area contributed by atoms with Crippen molar-refractivity contribution in [2.24, 2.45) is 0 Å². The van der Waals surface area contributed by atoms with Crippen LogP contribution in [0.1, 0.15) is 18.1 Å². The third-order valence-corrected chi connectivity index (χ3v) is 10.8. The summed E-state index contributed by atoms with van der Waals surface area (Å²) < 4.78 is 50.7. The highest BCUT2D eigenvalue weighted by Crippen LogP contribution is 2.38. The molecule has 12 heteroatoms. The fourth-order valence-electron chi connectivity index (χ4n) is 6.55. The van der Waals surface area contributed by atoms with Gasteiger partial charge in [0, 0.05) is 90.7 Å². The molecule has 7 rings (SSSR count). The number of nitrogens with zero attached hydrogens (tertiary/aromatic N) is 6. The third kappa shape index (κ3) is 6.74. The van der Waals surface area contributed by atoms with Crippen LogP contribution >= 0.6 is 0 Å². The lowest BCUT2D eigenvalue weighted by atomic mass is 10.0. The van der Waals surface area contributed by atoms with E-state index in [1.807, 2.05) is 44.3 Å². The third-order valence-electron chi connectivity index (χ3n) is 9.12. The summed E-state index contributed by atoms with van der Waals surface area (Å²) in [6.45, 7) is 8.12. The monoisotopic (exact) mass is 694 g/mol. The minimum Gasteiger partial charge on any atom is -0.496 e. The molecule has 258 valence electrons. The van der Waals surface area contributed by atoms with Crippen molar-refractivity contribution in [3.63, 3.8) is 0 Å². The fraction of sp³-hybridized carbons (Fsp3) is 0.263. The van der Waals surface area contributed by atoms with Gasteiger partial charge in [-0.15, -0.1) is 0 Å². The normalized spacial score (nSPS) is 14.7. The number of ether oxygens (including phenoxy) is 1. The summed E-state index contributed by atoms with van der Waals surface area (Å²) in [6.07, 6.45) is 6.42. The number of halogens is 1. The maximum atomic E-state index is 14.0. The molecule has 1 fully saturated rings. The first kappa shape index (κ1) is 33.5. The molecule has 0 spiro atoms. The molecule has 1 aliphatic rings. The van der Waals surface area contributed by atoms with Crippen LogP contribution in [0.5, 0.6) is 5.75 Å². The molecule has 0 saturated carbocycles. The lowest BCUT2D eigenvalue weighted by Gasteiger charge is -2.36. The maximum Gasteiger partial charge on any atom is 0.269 e. The van der Waals surface area contributed by atoms with E-state index in [2.05, 4.69) is 21.0 Å². The van der Waals surface area contributed by atoms with E-state index in [4.69, 9.17) is 9.72 Å². The fourth-order valence-corrected chi connectivity index (χ4v) is 7.88. The summed E-state index contributed by atoms with van der Waals surface area (Å²) in [7, 11) is -2.36. The van der Waals surface area contributed by atoms with Crippen LogP contribution in [-0.2, 0) is 16.6 Å². The van der Waals surface area contributed by atoms with Crippen LogP contribution in [0.15, 0.2) is 102 Å². The number of benzene rings is 3. The average molecular weight is 695 g/mol. The van der Waals surface area contributed by atoms with Gasteiger partial charge in [-0.3, -0.25) is 9.58 Å². The predicted molar refractivity (Wildman–Crippen MR) is 193 cm³/mol. The number of anilines is 1. The van der Waals surface area contributed by atoms with Crippen molar-refractivity contribution in [3.05, 3.63) is 115 Å². The van der Waals surface area contributed by atoms with Crippen molar-refractivity contribution in [3.8, 4) is 28.0 Å². The number of piperazine rings is 1. The Morgan fingerprint density at radius 2 is 1.70 bits per heavy atom. The average Bonchev–Trinajstić information content (AvgIpc) is 3.73. The van der Waals surface area contributed by atoms with Crippen molar-refractivity contribution in [1.29, 1.82) is 0 Å². The molecule has 1 saturated heterocycles. The van der Waals surface area contributed by atoms with Crippen molar-refractivity contribution in [2.45, 2.75) is 31.4 Å². The Balaban J connectivity index is 1.28. The number of hydrogen-bond donors (Lipinski definition) is 1. The maximum absolute atomic E-state index is 14.0. The molecule has 1 atom stereocenters. The van der Waals surface area contributed by atoms with E-state index >= 15 is 0 Å². The summed E-state index contributed by atoms with van der Waals surface area (Å²) in [4.78, 5) is 9.47. The molecule has 0 amide bonds. The Labute approximate surface area is 291 Å². The van der Waals surface area contributed by atoms with Gasteiger partial charge in [0.1, 0.15) is 11.6 Å². The van der Waals surface area contributed by atoms with Crippen molar-refractivity contribution in [1.82, 2.24) is 23.6 Å². The first-order valence-electron chi connectivity index (χ1n) is 16.5. The number of aliphatic hydroxyl groups excluding tert-OH is 1. The number of β-amino-alcohol motifs (C(OH)–C–C–N with tert-alkyl or cyclic N) is 1. The van der Waals surface area contributed by atoms with E-state index in [9.17, 15) is 17.9 Å². The zero-order valence-electron chi connectivity index (χ0n) is 28.2. The number of methoxy groups -OCH3 is 1. The van der Waals surface area contributed by atoms with Crippen LogP contribution in [0.3, 0.4) is 0 Å². The topological polar surface area (TPSA) is 106 Å². The SMILES string of the molecule is COc1cc(N2CCN(CC(C)O)CC2)ccc1-c1cnc2c(c1)c(-c1cnn(Cc3cccc(F)c3)c1)cn2S(=O)(=O)c1ccc(C)cc1. The lowest BCUT2D eigenvalue weighted by molar-refractivity contribution is 0.122. The molecular weight excluding hydrogens is 656 g/mol. The second kappa shape index (κ2) is 13.7. The van der Waals surface area contributed by atoms with Crippen LogP contribution in [0.25, 0.3) is 33.3 Å². The van der Waals surface area contributed by atoms with Crippen LogP contribution < -0.4 is 9.64 Å². The van der Waals surface area contributed by atoms with E-state index in [0.29, 0.717) is 35.4 Å². The molecule has 50 heavy (non-hydrogen) atoms. The highest BCUT2D eigenvalue weighted by molar-refractivity contribution is 7.90. The smallest absolute Gasteiger partial charge is 0.269 e. The highest BCUT2D eigenvalue weighted by atomic mass is 32.2. The molecule has 3 aromatic carbocycles. The number of hydrogen-bond acceptors (Lipinski definition) is 8. The van der Waals surface area contributed by atoms with Crippen LogP contribution in [0.4, 0.5) is 10.1 Å². The van der Waals surface area contributed by atoms with Crippen LogP contribution in [0.2, 0.25) is 0 Å². The molecule has 0 radical (unpaired) electrons. The Morgan fingerprint density at radius 3 is 2.42 bits per heavy atom. The predicted octanol–water partition coefficient (Wildman–Crippen LogP) is 5.81. The van der Waals surface area contributed by atoms with Gasteiger partial charge in [-0.25, -0.2) is 21.8 Å². The van der Waals surface area contributed by atoms with Gasteiger partial charge >= 0.3 is 0 Å². The first-order valence-corrected chi connectivity index (χ1v) is 18.0. The minimum atomic E-state index is -4.00. The summed E-state index contributed by atoms with van der Waals surface area (Å²) in [5.74, 6) is 0.350. The second-order valence-electron chi connectivity index (χ2n) is 12.8. The highest BCUT2D eigenvalue weighted by Gasteiger charge is 2.25. The largest absolute Gasteiger partial charge is 0.496 e. The second-order valence-corrected chi connectivity index (χ2v) is 14.6. The molecule has 1 unspecified atom stereocenters. The number of aryl methyl sites for hydroxylation is 1. The van der Waals surface area contributed by atoms with Crippen LogP contribution in [-0.4, -0.2) is 83.1 Å². The summed E-state index contributed by atoms with van der Waals surface area (Å²) in [5.41, 5.74) is 5.95. The summed E-state index contributed by atoms with van der Waals surface area (Å²) in [6, 6.07) is 21.1. The minimum absolute atomic E-state index is 0.156. The number of rotatable bonds is 10. The number of aromatic nitrogens is 4. The van der Waals surface area contributed by atoms with Gasteiger partial charge in [0.25, 0.3) is 10.0 Å². The Bertz CT molecular complexity index is 2260. The number of pyridine rings is 1. The molecule has 1 N–H and O–H groups in total.